The molecule has 1 aromatic carbocycles. The van der Waals surface area contributed by atoms with Gasteiger partial charge in [-0.15, -0.1) is 10.2 Å². The van der Waals surface area contributed by atoms with Crippen LogP contribution in [0.3, 0.4) is 0 Å². The van der Waals surface area contributed by atoms with Crippen molar-refractivity contribution in [2.75, 3.05) is 12.4 Å². The second kappa shape index (κ2) is 9.06. The van der Waals surface area contributed by atoms with Crippen LogP contribution in [-0.4, -0.2) is 50.2 Å². The predicted molar refractivity (Wildman–Crippen MR) is 150 cm³/mol. The van der Waals surface area contributed by atoms with Gasteiger partial charge in [-0.2, -0.15) is 11.8 Å². The number of benzene rings is 1. The second-order valence-electron chi connectivity index (χ2n) is 12.4. The van der Waals surface area contributed by atoms with Crippen molar-refractivity contribution in [2.24, 2.45) is 0 Å². The molecule has 3 heterocycles. The van der Waals surface area contributed by atoms with Crippen molar-refractivity contribution in [3.8, 4) is 11.4 Å². The molecule has 1 atom stereocenters. The largest absolute Gasteiger partial charge is 0.415 e. The Labute approximate surface area is 220 Å². The van der Waals surface area contributed by atoms with Gasteiger partial charge in [0.25, 0.3) is 0 Å². The molecule has 0 spiro atoms. The molecule has 3 aromatic rings. The fourth-order valence-electron chi connectivity index (χ4n) is 4.71. The molecule has 0 radical (unpaired) electrons. The van der Waals surface area contributed by atoms with Gasteiger partial charge < -0.3 is 8.99 Å². The Hall–Kier alpha value is -2.03. The number of aromatic nitrogens is 5. The van der Waals surface area contributed by atoms with Crippen LogP contribution in [0.4, 0.5) is 0 Å². The first-order valence-electron chi connectivity index (χ1n) is 13.0. The maximum atomic E-state index is 6.67. The number of thioether (sulfide) groups is 1. The lowest BCUT2D eigenvalue weighted by atomic mass is 9.93. The summed E-state index contributed by atoms with van der Waals surface area (Å²) in [5, 5.41) is 9.76. The summed E-state index contributed by atoms with van der Waals surface area (Å²) in [7, 11) is -1.80. The molecule has 0 N–H and O–H groups in total. The highest BCUT2D eigenvalue weighted by Crippen LogP contribution is 2.53. The van der Waals surface area contributed by atoms with Crippen molar-refractivity contribution >= 4 is 20.1 Å². The van der Waals surface area contributed by atoms with Crippen molar-refractivity contribution in [3.63, 3.8) is 0 Å². The Morgan fingerprint density at radius 1 is 1.06 bits per heavy atom. The monoisotopic (exact) mass is 521 g/mol. The lowest BCUT2D eigenvalue weighted by molar-refractivity contribution is 0.252. The zero-order valence-electron chi connectivity index (χ0n) is 22.8. The fraction of sp³-hybridized carbons (Fsp3) is 0.571. The van der Waals surface area contributed by atoms with E-state index >= 15 is 0 Å². The van der Waals surface area contributed by atoms with Crippen molar-refractivity contribution in [1.82, 2.24) is 24.7 Å². The van der Waals surface area contributed by atoms with E-state index in [1.807, 2.05) is 31.1 Å². The Morgan fingerprint density at radius 3 is 2.33 bits per heavy atom. The van der Waals surface area contributed by atoms with Gasteiger partial charge in [-0.05, 0) is 55.9 Å². The lowest BCUT2D eigenvalue weighted by Gasteiger charge is -2.39. The zero-order valence-corrected chi connectivity index (χ0v) is 24.6. The van der Waals surface area contributed by atoms with E-state index in [0.29, 0.717) is 0 Å². The molecule has 1 aliphatic heterocycles. The van der Waals surface area contributed by atoms with E-state index in [9.17, 15) is 0 Å². The minimum Gasteiger partial charge on any atom is -0.415 e. The van der Waals surface area contributed by atoms with Crippen LogP contribution in [0.2, 0.25) is 18.1 Å². The molecular formula is C28H39N5OSSi. The number of nitrogens with zero attached hydrogens (tertiary/aromatic N) is 5. The Morgan fingerprint density at radius 2 is 1.72 bits per heavy atom. The van der Waals surface area contributed by atoms with E-state index in [4.69, 9.17) is 14.6 Å². The third kappa shape index (κ3) is 4.79. The zero-order chi connectivity index (χ0) is 25.8. The summed E-state index contributed by atoms with van der Waals surface area (Å²) in [6.07, 6.45) is 6.86. The van der Waals surface area contributed by atoms with E-state index in [1.165, 1.54) is 5.56 Å². The summed E-state index contributed by atoms with van der Waals surface area (Å²) in [6, 6.07) is 8.75. The summed E-state index contributed by atoms with van der Waals surface area (Å²) < 4.78 is 9.09. The topological polar surface area (TPSA) is 65.7 Å². The summed E-state index contributed by atoms with van der Waals surface area (Å²) in [4.78, 5) is 8.97. The van der Waals surface area contributed by atoms with Gasteiger partial charge in [0.1, 0.15) is 11.6 Å². The molecular weight excluding hydrogens is 482 g/mol. The van der Waals surface area contributed by atoms with Crippen LogP contribution in [0.1, 0.15) is 63.3 Å². The Balaban J connectivity index is 1.36. The highest BCUT2D eigenvalue weighted by molar-refractivity contribution is 8.00. The fourth-order valence-corrected chi connectivity index (χ4v) is 7.07. The molecule has 0 saturated heterocycles. The number of aryl methyl sites for hydroxylation is 1. The van der Waals surface area contributed by atoms with Crippen LogP contribution in [0.15, 0.2) is 36.7 Å². The third-order valence-electron chi connectivity index (χ3n) is 8.32. The Kier molecular flexibility index (Phi) is 6.45. The molecule has 2 aliphatic rings. The summed E-state index contributed by atoms with van der Waals surface area (Å²) in [5.74, 6) is 4.05. The summed E-state index contributed by atoms with van der Waals surface area (Å²) >= 11 is 2.03. The molecule has 6 nitrogen and oxygen atoms in total. The van der Waals surface area contributed by atoms with Crippen LogP contribution in [0.5, 0.6) is 0 Å². The smallest absolute Gasteiger partial charge is 0.192 e. The molecule has 1 fully saturated rings. The van der Waals surface area contributed by atoms with Gasteiger partial charge in [-0.25, -0.2) is 9.97 Å². The number of rotatable bonds is 6. The van der Waals surface area contributed by atoms with E-state index in [0.717, 1.165) is 66.8 Å². The average Bonchev–Trinajstić information content (AvgIpc) is 3.57. The minimum absolute atomic E-state index is 0.0144. The summed E-state index contributed by atoms with van der Waals surface area (Å²) in [5.41, 5.74) is 3.40. The minimum atomic E-state index is -1.80. The maximum absolute atomic E-state index is 6.67. The number of fused-ring (bicyclic) bond motifs is 1. The van der Waals surface area contributed by atoms with Gasteiger partial charge in [-0.1, -0.05) is 45.0 Å². The van der Waals surface area contributed by atoms with Crippen LogP contribution in [0.25, 0.3) is 11.4 Å². The van der Waals surface area contributed by atoms with Gasteiger partial charge in [0, 0.05) is 48.0 Å². The lowest BCUT2D eigenvalue weighted by Crippen LogP contribution is -2.45. The summed E-state index contributed by atoms with van der Waals surface area (Å²) in [6.45, 7) is 17.7. The standard InChI is InChI=1S/C28H39N5OSSi/c1-20-17-29-24(30-18-20)21-8-10-22(11-9-21)28(12-13-28)25-32-31-23-16-27(5,35-15-14-33(23)25)19-34-36(6,7)26(2,3)4/h8-11,17-18H,12-16,19H2,1-7H3/t27-/m1/s1. The molecule has 0 bridgehead atoms. The molecule has 5 rings (SSSR count). The van der Waals surface area contributed by atoms with Gasteiger partial charge in [-0.3, -0.25) is 0 Å². The molecule has 192 valence electrons. The van der Waals surface area contributed by atoms with E-state index < -0.39 is 8.32 Å². The van der Waals surface area contributed by atoms with Gasteiger partial charge >= 0.3 is 0 Å². The van der Waals surface area contributed by atoms with Crippen molar-refractivity contribution in [3.05, 3.63) is 59.4 Å². The average molecular weight is 522 g/mol. The van der Waals surface area contributed by atoms with Crippen LogP contribution >= 0.6 is 11.8 Å². The van der Waals surface area contributed by atoms with Crippen molar-refractivity contribution in [2.45, 2.75) is 88.7 Å². The van der Waals surface area contributed by atoms with E-state index in [2.05, 4.69) is 79.6 Å². The number of hydrogen-bond donors (Lipinski definition) is 0. The van der Waals surface area contributed by atoms with Gasteiger partial charge in [0.15, 0.2) is 14.1 Å². The third-order valence-corrected chi connectivity index (χ3v) is 14.1. The number of hydrogen-bond acceptors (Lipinski definition) is 6. The first-order chi connectivity index (χ1) is 16.9. The highest BCUT2D eigenvalue weighted by atomic mass is 32.2. The molecule has 1 saturated carbocycles. The second-order valence-corrected chi connectivity index (χ2v) is 18.9. The van der Waals surface area contributed by atoms with Crippen LogP contribution in [0, 0.1) is 6.92 Å². The molecule has 36 heavy (non-hydrogen) atoms. The first kappa shape index (κ1) is 25.6. The van der Waals surface area contributed by atoms with E-state index in [1.54, 1.807) is 0 Å². The first-order valence-corrected chi connectivity index (χ1v) is 16.9. The Bertz CT molecular complexity index is 1230. The van der Waals surface area contributed by atoms with Crippen LogP contribution < -0.4 is 0 Å². The predicted octanol–water partition coefficient (Wildman–Crippen LogP) is 6.19. The van der Waals surface area contributed by atoms with Crippen molar-refractivity contribution < 1.29 is 4.43 Å². The SMILES string of the molecule is Cc1cnc(-c2ccc(C3(c4nnc5n4CCS[C@@](C)(CO[Si](C)(C)C(C)(C)C)C5)CC3)cc2)nc1. The molecule has 0 amide bonds. The van der Waals surface area contributed by atoms with Crippen molar-refractivity contribution in [1.29, 1.82) is 0 Å². The molecule has 0 unspecified atom stereocenters. The molecule has 2 aromatic heterocycles. The van der Waals surface area contributed by atoms with Gasteiger partial charge in [0.05, 0.1) is 5.41 Å². The quantitative estimate of drug-likeness (QED) is 0.360. The van der Waals surface area contributed by atoms with Gasteiger partial charge in [0.2, 0.25) is 0 Å². The van der Waals surface area contributed by atoms with Crippen LogP contribution in [-0.2, 0) is 22.8 Å². The highest BCUT2D eigenvalue weighted by Gasteiger charge is 2.51. The van der Waals surface area contributed by atoms with E-state index in [-0.39, 0.29) is 15.2 Å². The molecule has 1 aliphatic carbocycles. The normalized spacial score (nSPS) is 21.6. The molecule has 8 heteroatoms. The maximum Gasteiger partial charge on any atom is 0.192 e.